The number of fused-ring (bicyclic) bond motifs is 1. The predicted molar refractivity (Wildman–Crippen MR) is 72.9 cm³/mol. The van der Waals surface area contributed by atoms with Gasteiger partial charge in [0.15, 0.2) is 5.44 Å². The van der Waals surface area contributed by atoms with E-state index in [2.05, 4.69) is 0 Å². The first-order chi connectivity index (χ1) is 8.75. The maximum atomic E-state index is 12.1. The number of para-hydroxylation sites is 1. The summed E-state index contributed by atoms with van der Waals surface area (Å²) in [5.41, 5.74) is 2.62. The van der Waals surface area contributed by atoms with E-state index in [0.29, 0.717) is 11.3 Å². The molecular weight excluding hydrogens is 244 g/mol. The summed E-state index contributed by atoms with van der Waals surface area (Å²) >= 11 is 1.24. The molecule has 1 unspecified atom stereocenters. The Morgan fingerprint density at radius 3 is 2.61 bits per heavy atom. The lowest BCUT2D eigenvalue weighted by atomic mass is 10.1. The number of aryl methyl sites for hydroxylation is 1. The number of hydrogen-bond acceptors (Lipinski definition) is 3. The zero-order valence-electron chi connectivity index (χ0n) is 9.92. The van der Waals surface area contributed by atoms with Gasteiger partial charge >= 0.3 is 0 Å². The normalized spacial score (nSPS) is 18.1. The fraction of sp³-hybridized carbons (Fsp3) is 0.133. The highest BCUT2D eigenvalue weighted by molar-refractivity contribution is 8.14. The van der Waals surface area contributed by atoms with Gasteiger partial charge in [-0.3, -0.25) is 4.79 Å². The molecule has 0 amide bonds. The first-order valence-corrected chi connectivity index (χ1v) is 6.66. The van der Waals surface area contributed by atoms with Crippen LogP contribution in [0.15, 0.2) is 48.5 Å². The van der Waals surface area contributed by atoms with Crippen molar-refractivity contribution in [1.82, 2.24) is 0 Å². The second kappa shape index (κ2) is 4.50. The van der Waals surface area contributed by atoms with Gasteiger partial charge < -0.3 is 4.74 Å². The minimum Gasteiger partial charge on any atom is -0.474 e. The number of carbonyl (C=O) groups excluding carboxylic acids is 1. The van der Waals surface area contributed by atoms with Gasteiger partial charge in [-0.2, -0.15) is 0 Å². The molecule has 0 aliphatic carbocycles. The third-order valence-electron chi connectivity index (χ3n) is 3.00. The molecule has 3 rings (SSSR count). The van der Waals surface area contributed by atoms with Crippen molar-refractivity contribution < 1.29 is 9.53 Å². The van der Waals surface area contributed by atoms with Crippen molar-refractivity contribution in [2.45, 2.75) is 12.4 Å². The summed E-state index contributed by atoms with van der Waals surface area (Å²) in [6.07, 6.45) is 0. The van der Waals surface area contributed by atoms with Crippen LogP contribution in [0, 0.1) is 6.92 Å². The topological polar surface area (TPSA) is 26.3 Å². The van der Waals surface area contributed by atoms with Crippen molar-refractivity contribution >= 4 is 16.9 Å². The lowest BCUT2D eigenvalue weighted by Crippen LogP contribution is -2.15. The largest absolute Gasteiger partial charge is 0.474 e. The van der Waals surface area contributed by atoms with Crippen LogP contribution in [0.5, 0.6) is 5.75 Å². The van der Waals surface area contributed by atoms with Gasteiger partial charge in [0.1, 0.15) is 5.75 Å². The average Bonchev–Trinajstić information content (AvgIpc) is 2.39. The Kier molecular flexibility index (Phi) is 2.84. The minimum atomic E-state index is -0.242. The molecule has 1 heterocycles. The van der Waals surface area contributed by atoms with Gasteiger partial charge in [0.2, 0.25) is 5.12 Å². The van der Waals surface area contributed by atoms with Crippen molar-refractivity contribution in [2.24, 2.45) is 0 Å². The molecule has 1 aliphatic heterocycles. The maximum absolute atomic E-state index is 12.1. The summed E-state index contributed by atoms with van der Waals surface area (Å²) in [6.45, 7) is 2.03. The fourth-order valence-electron chi connectivity index (χ4n) is 2.02. The van der Waals surface area contributed by atoms with Gasteiger partial charge in [-0.05, 0) is 36.4 Å². The molecule has 0 N–H and O–H groups in total. The molecule has 0 saturated heterocycles. The van der Waals surface area contributed by atoms with Gasteiger partial charge in [0.25, 0.3) is 0 Å². The maximum Gasteiger partial charge on any atom is 0.226 e. The zero-order chi connectivity index (χ0) is 12.5. The Balaban J connectivity index is 2.00. The van der Waals surface area contributed by atoms with E-state index in [-0.39, 0.29) is 10.6 Å². The molecule has 1 atom stereocenters. The molecule has 1 aliphatic rings. The molecular formula is C15H12O2S. The molecule has 0 bridgehead atoms. The van der Waals surface area contributed by atoms with Crippen LogP contribution >= 0.6 is 11.8 Å². The number of thioether (sulfide) groups is 1. The average molecular weight is 256 g/mol. The summed E-state index contributed by atoms with van der Waals surface area (Å²) in [5, 5.41) is 0.0742. The van der Waals surface area contributed by atoms with Gasteiger partial charge in [-0.25, -0.2) is 0 Å². The highest BCUT2D eigenvalue weighted by Gasteiger charge is 2.28. The molecule has 0 radical (unpaired) electrons. The van der Waals surface area contributed by atoms with E-state index in [1.807, 2.05) is 49.4 Å². The Labute approximate surface area is 110 Å². The van der Waals surface area contributed by atoms with E-state index >= 15 is 0 Å². The van der Waals surface area contributed by atoms with Crippen LogP contribution in [-0.4, -0.2) is 5.12 Å². The molecule has 2 aromatic rings. The van der Waals surface area contributed by atoms with E-state index < -0.39 is 0 Å². The smallest absolute Gasteiger partial charge is 0.226 e. The first-order valence-electron chi connectivity index (χ1n) is 5.78. The molecule has 18 heavy (non-hydrogen) atoms. The molecule has 90 valence electrons. The van der Waals surface area contributed by atoms with Crippen LogP contribution in [0.2, 0.25) is 0 Å². The Morgan fingerprint density at radius 1 is 1.06 bits per heavy atom. The van der Waals surface area contributed by atoms with E-state index in [1.165, 1.54) is 11.8 Å². The zero-order valence-corrected chi connectivity index (χ0v) is 10.7. The molecule has 0 fully saturated rings. The Morgan fingerprint density at radius 2 is 1.78 bits per heavy atom. The van der Waals surface area contributed by atoms with E-state index in [4.69, 9.17) is 4.74 Å². The van der Waals surface area contributed by atoms with E-state index in [1.54, 1.807) is 6.07 Å². The summed E-state index contributed by atoms with van der Waals surface area (Å²) in [6, 6.07) is 15.4. The molecule has 3 heteroatoms. The number of carbonyl (C=O) groups is 1. The third kappa shape index (κ3) is 1.91. The van der Waals surface area contributed by atoms with Gasteiger partial charge in [0, 0.05) is 5.56 Å². The van der Waals surface area contributed by atoms with Gasteiger partial charge in [-0.15, -0.1) is 0 Å². The Hall–Kier alpha value is -1.74. The number of benzene rings is 2. The molecule has 2 aromatic carbocycles. The predicted octanol–water partition coefficient (Wildman–Crippen LogP) is 3.96. The monoisotopic (exact) mass is 256 g/mol. The fourth-order valence-corrected chi connectivity index (χ4v) is 3.05. The lowest BCUT2D eigenvalue weighted by Gasteiger charge is -2.25. The van der Waals surface area contributed by atoms with Crippen LogP contribution in [0.1, 0.15) is 26.9 Å². The van der Waals surface area contributed by atoms with Crippen LogP contribution < -0.4 is 4.74 Å². The van der Waals surface area contributed by atoms with Gasteiger partial charge in [-0.1, -0.05) is 36.4 Å². The molecule has 0 spiro atoms. The van der Waals surface area contributed by atoms with Crippen molar-refractivity contribution in [3.05, 3.63) is 65.2 Å². The number of rotatable bonds is 1. The second-order valence-electron chi connectivity index (χ2n) is 4.21. The van der Waals surface area contributed by atoms with E-state index in [0.717, 1.165) is 11.1 Å². The number of hydrogen-bond donors (Lipinski definition) is 0. The van der Waals surface area contributed by atoms with Crippen LogP contribution in [0.3, 0.4) is 0 Å². The third-order valence-corrected chi connectivity index (χ3v) is 4.00. The number of ether oxygens (including phenoxy) is 1. The highest BCUT2D eigenvalue weighted by atomic mass is 32.2. The lowest BCUT2D eigenvalue weighted by molar-refractivity contribution is 0.107. The SMILES string of the molecule is Cc1ccccc1C1Oc2ccccc2C(=O)S1. The summed E-state index contributed by atoms with van der Waals surface area (Å²) < 4.78 is 5.91. The molecule has 0 aromatic heterocycles. The van der Waals surface area contributed by atoms with Crippen molar-refractivity contribution in [2.75, 3.05) is 0 Å². The van der Waals surface area contributed by atoms with Crippen LogP contribution in [0.25, 0.3) is 0 Å². The quantitative estimate of drug-likeness (QED) is 0.772. The van der Waals surface area contributed by atoms with Crippen LogP contribution in [0.4, 0.5) is 0 Å². The van der Waals surface area contributed by atoms with Gasteiger partial charge in [0.05, 0.1) is 5.56 Å². The first kappa shape index (κ1) is 11.4. The summed E-state index contributed by atoms with van der Waals surface area (Å²) in [4.78, 5) is 12.1. The second-order valence-corrected chi connectivity index (χ2v) is 5.24. The van der Waals surface area contributed by atoms with Crippen LogP contribution in [-0.2, 0) is 0 Å². The molecule has 0 saturated carbocycles. The Bertz CT molecular complexity index is 607. The summed E-state index contributed by atoms with van der Waals surface area (Å²) in [5.74, 6) is 0.675. The van der Waals surface area contributed by atoms with Crippen molar-refractivity contribution in [3.8, 4) is 5.75 Å². The minimum absolute atomic E-state index is 0.0742. The van der Waals surface area contributed by atoms with Crippen molar-refractivity contribution in [1.29, 1.82) is 0 Å². The van der Waals surface area contributed by atoms with Crippen molar-refractivity contribution in [3.63, 3.8) is 0 Å². The van der Waals surface area contributed by atoms with E-state index in [9.17, 15) is 4.79 Å². The molecule has 2 nitrogen and oxygen atoms in total. The summed E-state index contributed by atoms with van der Waals surface area (Å²) in [7, 11) is 0. The standard InChI is InChI=1S/C15H12O2S/c1-10-6-2-3-7-11(10)15-17-13-9-5-4-8-12(13)14(16)18-15/h2-9,15H,1H3. The highest BCUT2D eigenvalue weighted by Crippen LogP contribution is 2.42.